The van der Waals surface area contributed by atoms with E-state index in [0.29, 0.717) is 15.8 Å². The maximum absolute atomic E-state index is 12.5. The molecule has 2 aromatic carbocycles. The standard InChI is InChI=1S/C17H15BrN2O5/c1-24-12-4-2-3-10(7-12)16(19)20-17(23)13-8-11(18)5-6-14(13)25-9-15(21)22/h2-8H,9H2,1H3,(H,21,22)(H2,19,20,23). The van der Waals surface area contributed by atoms with Crippen LogP contribution in [0.1, 0.15) is 15.9 Å². The topological polar surface area (TPSA) is 111 Å². The van der Waals surface area contributed by atoms with Gasteiger partial charge < -0.3 is 20.3 Å². The van der Waals surface area contributed by atoms with Crippen molar-refractivity contribution in [2.75, 3.05) is 13.7 Å². The number of carbonyl (C=O) groups is 2. The molecule has 0 radical (unpaired) electrons. The quantitative estimate of drug-likeness (QED) is 0.562. The molecular weight excluding hydrogens is 392 g/mol. The van der Waals surface area contributed by atoms with E-state index in [-0.39, 0.29) is 17.1 Å². The van der Waals surface area contributed by atoms with Crippen molar-refractivity contribution in [2.45, 2.75) is 0 Å². The number of nitrogens with two attached hydrogens (primary N) is 1. The highest BCUT2D eigenvalue weighted by Gasteiger charge is 2.15. The molecule has 0 saturated heterocycles. The first kappa shape index (κ1) is 18.5. The number of rotatable bonds is 6. The normalized spacial score (nSPS) is 11.0. The van der Waals surface area contributed by atoms with Crippen molar-refractivity contribution >= 4 is 33.6 Å². The summed E-state index contributed by atoms with van der Waals surface area (Å²) in [4.78, 5) is 27.0. The van der Waals surface area contributed by atoms with Crippen LogP contribution in [0.2, 0.25) is 0 Å². The number of amidine groups is 1. The number of benzene rings is 2. The van der Waals surface area contributed by atoms with E-state index in [2.05, 4.69) is 20.9 Å². The molecule has 0 saturated carbocycles. The van der Waals surface area contributed by atoms with Crippen molar-refractivity contribution in [3.8, 4) is 11.5 Å². The van der Waals surface area contributed by atoms with Crippen LogP contribution in [0.3, 0.4) is 0 Å². The maximum Gasteiger partial charge on any atom is 0.341 e. The molecule has 1 amide bonds. The first-order chi connectivity index (χ1) is 11.9. The zero-order chi connectivity index (χ0) is 18.4. The van der Waals surface area contributed by atoms with Gasteiger partial charge in [0.15, 0.2) is 6.61 Å². The van der Waals surface area contributed by atoms with E-state index in [0.717, 1.165) is 0 Å². The first-order valence-electron chi connectivity index (χ1n) is 7.07. The number of ether oxygens (including phenoxy) is 2. The third kappa shape index (κ3) is 5.05. The van der Waals surface area contributed by atoms with Gasteiger partial charge in [-0.3, -0.25) is 4.79 Å². The predicted molar refractivity (Wildman–Crippen MR) is 95.3 cm³/mol. The largest absolute Gasteiger partial charge is 0.497 e. The number of halogens is 1. The van der Waals surface area contributed by atoms with Gasteiger partial charge in [-0.25, -0.2) is 4.79 Å². The number of hydrogen-bond acceptors (Lipinski definition) is 4. The Morgan fingerprint density at radius 2 is 2.00 bits per heavy atom. The van der Waals surface area contributed by atoms with Crippen molar-refractivity contribution < 1.29 is 24.2 Å². The lowest BCUT2D eigenvalue weighted by molar-refractivity contribution is -0.139. The number of aliphatic carboxylic acids is 1. The predicted octanol–water partition coefficient (Wildman–Crippen LogP) is 2.47. The number of nitrogens with zero attached hydrogens (tertiary/aromatic N) is 1. The molecule has 0 unspecified atom stereocenters. The fraction of sp³-hybridized carbons (Fsp3) is 0.118. The van der Waals surface area contributed by atoms with Crippen LogP contribution in [-0.4, -0.2) is 36.5 Å². The van der Waals surface area contributed by atoms with Crippen molar-refractivity contribution in [1.82, 2.24) is 0 Å². The van der Waals surface area contributed by atoms with E-state index in [9.17, 15) is 9.59 Å². The van der Waals surface area contributed by atoms with E-state index in [1.807, 2.05) is 0 Å². The number of carboxylic acid groups (broad SMARTS) is 1. The number of hydrogen-bond donors (Lipinski definition) is 2. The van der Waals surface area contributed by atoms with E-state index in [1.165, 1.54) is 19.2 Å². The van der Waals surface area contributed by atoms with Crippen LogP contribution in [-0.2, 0) is 4.79 Å². The summed E-state index contributed by atoms with van der Waals surface area (Å²) in [6.07, 6.45) is 0. The molecule has 7 nitrogen and oxygen atoms in total. The molecule has 25 heavy (non-hydrogen) atoms. The lowest BCUT2D eigenvalue weighted by atomic mass is 10.1. The highest BCUT2D eigenvalue weighted by atomic mass is 79.9. The smallest absolute Gasteiger partial charge is 0.341 e. The molecule has 0 spiro atoms. The van der Waals surface area contributed by atoms with Gasteiger partial charge in [0.25, 0.3) is 5.91 Å². The SMILES string of the molecule is COc1cccc(C(N)=NC(=O)c2cc(Br)ccc2OCC(=O)O)c1. The molecule has 0 fully saturated rings. The number of methoxy groups -OCH3 is 1. The fourth-order valence-corrected chi connectivity index (χ4v) is 2.31. The molecule has 0 atom stereocenters. The second kappa shape index (κ2) is 8.29. The van der Waals surface area contributed by atoms with Gasteiger partial charge in [-0.15, -0.1) is 0 Å². The summed E-state index contributed by atoms with van der Waals surface area (Å²) in [5, 5.41) is 8.72. The third-order valence-electron chi connectivity index (χ3n) is 3.11. The Hall–Kier alpha value is -2.87. The van der Waals surface area contributed by atoms with E-state index >= 15 is 0 Å². The minimum atomic E-state index is -1.15. The maximum atomic E-state index is 12.5. The Kier molecular flexibility index (Phi) is 6.13. The van der Waals surface area contributed by atoms with Crippen molar-refractivity contribution in [1.29, 1.82) is 0 Å². The lowest BCUT2D eigenvalue weighted by Crippen LogP contribution is -2.17. The highest BCUT2D eigenvalue weighted by Crippen LogP contribution is 2.24. The fourth-order valence-electron chi connectivity index (χ4n) is 1.95. The van der Waals surface area contributed by atoms with Crippen molar-refractivity contribution in [3.63, 3.8) is 0 Å². The van der Waals surface area contributed by atoms with Crippen LogP contribution >= 0.6 is 15.9 Å². The molecule has 8 heteroatoms. The number of carboxylic acids is 1. The summed E-state index contributed by atoms with van der Waals surface area (Å²) >= 11 is 3.25. The molecule has 3 N–H and O–H groups in total. The zero-order valence-electron chi connectivity index (χ0n) is 13.2. The van der Waals surface area contributed by atoms with Gasteiger partial charge in [0.2, 0.25) is 0 Å². The van der Waals surface area contributed by atoms with Crippen LogP contribution in [0.15, 0.2) is 51.9 Å². The minimum Gasteiger partial charge on any atom is -0.497 e. The van der Waals surface area contributed by atoms with E-state index in [4.69, 9.17) is 20.3 Å². The molecule has 0 aliphatic heterocycles. The average molecular weight is 407 g/mol. The highest BCUT2D eigenvalue weighted by molar-refractivity contribution is 9.10. The summed E-state index contributed by atoms with van der Waals surface area (Å²) in [6, 6.07) is 11.4. The van der Waals surface area contributed by atoms with Gasteiger partial charge in [0.05, 0.1) is 12.7 Å². The average Bonchev–Trinajstić information content (AvgIpc) is 2.60. The van der Waals surface area contributed by atoms with Crippen LogP contribution < -0.4 is 15.2 Å². The summed E-state index contributed by atoms with van der Waals surface area (Å²) < 4.78 is 10.9. The Morgan fingerprint density at radius 3 is 2.68 bits per heavy atom. The van der Waals surface area contributed by atoms with E-state index in [1.54, 1.807) is 30.3 Å². The van der Waals surface area contributed by atoms with E-state index < -0.39 is 18.5 Å². The zero-order valence-corrected chi connectivity index (χ0v) is 14.8. The molecule has 2 rings (SSSR count). The lowest BCUT2D eigenvalue weighted by Gasteiger charge is -2.09. The summed E-state index contributed by atoms with van der Waals surface area (Å²) in [7, 11) is 1.52. The van der Waals surface area contributed by atoms with Gasteiger partial charge in [-0.05, 0) is 30.3 Å². The molecular formula is C17H15BrN2O5. The Labute approximate surface area is 152 Å². The Morgan fingerprint density at radius 1 is 1.24 bits per heavy atom. The van der Waals surface area contributed by atoms with Crippen LogP contribution in [0.4, 0.5) is 0 Å². The second-order valence-corrected chi connectivity index (χ2v) is 5.77. The monoisotopic (exact) mass is 406 g/mol. The molecule has 0 bridgehead atoms. The third-order valence-corrected chi connectivity index (χ3v) is 3.60. The van der Waals surface area contributed by atoms with Gasteiger partial charge in [-0.1, -0.05) is 28.1 Å². The van der Waals surface area contributed by atoms with Gasteiger partial charge >= 0.3 is 5.97 Å². The number of aliphatic imine (C=N–C) groups is 1. The summed E-state index contributed by atoms with van der Waals surface area (Å²) in [5.74, 6) is -1.11. The second-order valence-electron chi connectivity index (χ2n) is 4.86. The van der Waals surface area contributed by atoms with Gasteiger partial charge in [0.1, 0.15) is 17.3 Å². The number of amides is 1. The summed E-state index contributed by atoms with van der Waals surface area (Å²) in [6.45, 7) is -0.572. The molecule has 0 aliphatic rings. The number of carbonyl (C=O) groups excluding carboxylic acids is 1. The molecule has 0 heterocycles. The summed E-state index contributed by atoms with van der Waals surface area (Å²) in [5.41, 5.74) is 6.52. The van der Waals surface area contributed by atoms with Crippen LogP contribution in [0.25, 0.3) is 0 Å². The molecule has 0 aromatic heterocycles. The van der Waals surface area contributed by atoms with Gasteiger partial charge in [-0.2, -0.15) is 4.99 Å². The first-order valence-corrected chi connectivity index (χ1v) is 7.87. The molecule has 2 aromatic rings. The molecule has 0 aliphatic carbocycles. The van der Waals surface area contributed by atoms with Crippen molar-refractivity contribution in [3.05, 3.63) is 58.1 Å². The van der Waals surface area contributed by atoms with Crippen molar-refractivity contribution in [2.24, 2.45) is 10.7 Å². The Bertz CT molecular complexity index is 836. The van der Waals surface area contributed by atoms with Gasteiger partial charge in [0, 0.05) is 10.0 Å². The van der Waals surface area contributed by atoms with Crippen LogP contribution in [0, 0.1) is 0 Å². The minimum absolute atomic E-state index is 0.00746. The Balaban J connectivity index is 2.32. The molecule has 130 valence electrons. The van der Waals surface area contributed by atoms with Crippen LogP contribution in [0.5, 0.6) is 11.5 Å².